The molecule has 13 heteroatoms. The average Bonchev–Trinajstić information content (AvgIpc) is 3.53. The third-order valence-corrected chi connectivity index (χ3v) is 13.5. The molecule has 1 aliphatic heterocycles. The molecule has 1 N–H and O–H groups in total. The van der Waals surface area contributed by atoms with Gasteiger partial charge in [0.2, 0.25) is 0 Å². The molecule has 2 amide bonds. The van der Waals surface area contributed by atoms with E-state index in [1.165, 1.54) is 77.0 Å². The van der Waals surface area contributed by atoms with E-state index in [1.54, 1.807) is 21.6 Å². The monoisotopic (exact) mass is 902 g/mol. The number of hydrogen-bond acceptors (Lipinski definition) is 11. The fourth-order valence-electron chi connectivity index (χ4n) is 7.40. The highest BCUT2D eigenvalue weighted by Gasteiger charge is 2.15. The van der Waals surface area contributed by atoms with E-state index in [-0.39, 0.29) is 24.1 Å². The lowest BCUT2D eigenvalue weighted by atomic mass is 10.1. The van der Waals surface area contributed by atoms with Gasteiger partial charge in [0.05, 0.1) is 13.2 Å². The van der Waals surface area contributed by atoms with Crippen molar-refractivity contribution in [1.82, 2.24) is 15.1 Å². The first-order chi connectivity index (χ1) is 30.0. The molecular weight excluding hydrogens is 811 g/mol. The molecule has 0 bridgehead atoms. The van der Waals surface area contributed by atoms with Crippen LogP contribution in [0.2, 0.25) is 0 Å². The molecule has 1 saturated heterocycles. The summed E-state index contributed by atoms with van der Waals surface area (Å²) in [6.07, 6.45) is 31.9. The van der Waals surface area contributed by atoms with Gasteiger partial charge >= 0.3 is 24.1 Å². The topological polar surface area (TPSA) is 124 Å². The number of rotatable bonds is 42. The molecule has 11 nitrogen and oxygen atoms in total. The fourth-order valence-corrected chi connectivity index (χ4v) is 9.05. The smallest absolute Gasteiger partial charge is 0.409 e. The minimum Gasteiger partial charge on any atom is -0.466 e. The highest BCUT2D eigenvalue weighted by molar-refractivity contribution is 8.76. The van der Waals surface area contributed by atoms with Crippen molar-refractivity contribution < 1.29 is 38.1 Å². The lowest BCUT2D eigenvalue weighted by molar-refractivity contribution is -0.144. The molecule has 0 unspecified atom stereocenters. The molecule has 0 aromatic rings. The summed E-state index contributed by atoms with van der Waals surface area (Å²) < 4.78 is 21.9. The number of esters is 2. The Morgan fingerprint density at radius 1 is 0.492 bits per heavy atom. The predicted molar refractivity (Wildman–Crippen MR) is 255 cm³/mol. The summed E-state index contributed by atoms with van der Waals surface area (Å²) in [7, 11) is 3.25. The van der Waals surface area contributed by atoms with Crippen LogP contribution in [0, 0.1) is 0 Å². The molecule has 0 aromatic carbocycles. The van der Waals surface area contributed by atoms with Crippen LogP contribution in [0.25, 0.3) is 0 Å². The van der Waals surface area contributed by atoms with Crippen LogP contribution >= 0.6 is 21.6 Å². The van der Waals surface area contributed by atoms with E-state index in [0.29, 0.717) is 70.4 Å². The number of carbonyl (C=O) groups excluding carboxylic acids is 4. The van der Waals surface area contributed by atoms with Gasteiger partial charge in [-0.15, -0.1) is 0 Å². The molecule has 1 heterocycles. The first-order valence-electron chi connectivity index (χ1n) is 25.1. The van der Waals surface area contributed by atoms with Gasteiger partial charge in [0.25, 0.3) is 0 Å². The Morgan fingerprint density at radius 3 is 1.41 bits per heavy atom. The normalized spacial score (nSPS) is 13.1. The van der Waals surface area contributed by atoms with Crippen molar-refractivity contribution in [2.24, 2.45) is 0 Å². The van der Waals surface area contributed by atoms with E-state index >= 15 is 0 Å². The summed E-state index contributed by atoms with van der Waals surface area (Å²) in [5, 5.41) is 2.86. The maximum atomic E-state index is 13.1. The Balaban J connectivity index is 2.23. The minimum absolute atomic E-state index is 0.0591. The second kappa shape index (κ2) is 44.7. The van der Waals surface area contributed by atoms with E-state index in [2.05, 4.69) is 24.1 Å². The Hall–Kier alpha value is -1.86. The maximum absolute atomic E-state index is 13.1. The van der Waals surface area contributed by atoms with Gasteiger partial charge in [-0.2, -0.15) is 0 Å². The van der Waals surface area contributed by atoms with Gasteiger partial charge < -0.3 is 34.1 Å². The second-order valence-electron chi connectivity index (χ2n) is 16.8. The molecule has 0 atom stereocenters. The van der Waals surface area contributed by atoms with Crippen molar-refractivity contribution in [3.05, 3.63) is 0 Å². The Morgan fingerprint density at radius 2 is 0.918 bits per heavy atom. The Kier molecular flexibility index (Phi) is 41.9. The lowest BCUT2D eigenvalue weighted by Crippen LogP contribution is -2.35. The molecule has 358 valence electrons. The van der Waals surface area contributed by atoms with Crippen LogP contribution in [0.3, 0.4) is 0 Å². The van der Waals surface area contributed by atoms with Crippen LogP contribution in [0.4, 0.5) is 9.59 Å². The number of carbonyl (C=O) groups is 4. The standard InChI is InChI=1S/C48H91N3O8S2/c1-3-5-7-9-15-23-31-45(52)56-39-29-21-13-11-17-27-36-51(37-28-18-12-14-22-30-40-57-46(53)32-24-16-10-8-6-4-2)48(55)59-42-44-61-60-43-41-58-47(54)49-33-38-50-34-25-19-20-26-35-50/h3-44H2,1-2H3,(H,49,54). The SMILES string of the molecule is CCCCCCCCC(=O)OCCCCCCCCN(CCCCCCCCOC(=O)CCCCCCCC)C(=O)OCCSSCCOC(=O)NCCN1CCCCCC1. The molecule has 0 radical (unpaired) electrons. The quantitative estimate of drug-likeness (QED) is 0.0272. The van der Waals surface area contributed by atoms with E-state index in [4.69, 9.17) is 18.9 Å². The molecule has 61 heavy (non-hydrogen) atoms. The number of amides is 2. The van der Waals surface area contributed by atoms with Gasteiger partial charge in [-0.3, -0.25) is 9.59 Å². The zero-order chi connectivity index (χ0) is 44.1. The van der Waals surface area contributed by atoms with Gasteiger partial charge in [0.15, 0.2) is 0 Å². The molecule has 0 aromatic heterocycles. The fraction of sp³-hybridized carbons (Fsp3) is 0.917. The van der Waals surface area contributed by atoms with Crippen molar-refractivity contribution in [3.8, 4) is 0 Å². The van der Waals surface area contributed by atoms with Crippen LogP contribution in [-0.2, 0) is 28.5 Å². The first kappa shape index (κ1) is 57.2. The van der Waals surface area contributed by atoms with Crippen molar-refractivity contribution in [1.29, 1.82) is 0 Å². The van der Waals surface area contributed by atoms with Crippen LogP contribution in [0.1, 0.15) is 206 Å². The number of nitrogens with one attached hydrogen (secondary N) is 1. The second-order valence-corrected chi connectivity index (χ2v) is 19.5. The lowest BCUT2D eigenvalue weighted by Gasteiger charge is -2.22. The summed E-state index contributed by atoms with van der Waals surface area (Å²) in [6.45, 7) is 11.2. The zero-order valence-corrected chi connectivity index (χ0v) is 40.8. The van der Waals surface area contributed by atoms with E-state index in [0.717, 1.165) is 122 Å². The van der Waals surface area contributed by atoms with Crippen molar-refractivity contribution in [2.45, 2.75) is 206 Å². The summed E-state index contributed by atoms with van der Waals surface area (Å²) >= 11 is 0. The molecule has 0 spiro atoms. The van der Waals surface area contributed by atoms with Crippen molar-refractivity contribution >= 4 is 45.7 Å². The van der Waals surface area contributed by atoms with Gasteiger partial charge in [-0.25, -0.2) is 9.59 Å². The highest BCUT2D eigenvalue weighted by atomic mass is 33.1. The molecule has 1 rings (SSSR count). The van der Waals surface area contributed by atoms with Crippen molar-refractivity contribution in [3.63, 3.8) is 0 Å². The summed E-state index contributed by atoms with van der Waals surface area (Å²) in [5.41, 5.74) is 0. The van der Waals surface area contributed by atoms with Crippen LogP contribution < -0.4 is 5.32 Å². The molecule has 1 fully saturated rings. The van der Waals surface area contributed by atoms with Crippen LogP contribution in [0.15, 0.2) is 0 Å². The van der Waals surface area contributed by atoms with Gasteiger partial charge in [0.1, 0.15) is 13.2 Å². The zero-order valence-electron chi connectivity index (χ0n) is 39.2. The first-order valence-corrected chi connectivity index (χ1v) is 27.5. The van der Waals surface area contributed by atoms with Gasteiger partial charge in [-0.1, -0.05) is 164 Å². The summed E-state index contributed by atoms with van der Waals surface area (Å²) in [4.78, 5) is 53.5. The Labute approximate surface area is 381 Å². The largest absolute Gasteiger partial charge is 0.466 e. The van der Waals surface area contributed by atoms with E-state index in [1.807, 2.05) is 4.90 Å². The molecule has 0 aliphatic carbocycles. The minimum atomic E-state index is -0.359. The number of alkyl carbamates (subject to hydrolysis) is 1. The number of nitrogens with zero attached hydrogens (tertiary/aromatic N) is 2. The van der Waals surface area contributed by atoms with Gasteiger partial charge in [-0.05, 0) is 64.5 Å². The number of hydrogen-bond donors (Lipinski definition) is 1. The summed E-state index contributed by atoms with van der Waals surface area (Å²) in [5.74, 6) is 1.24. The third-order valence-electron chi connectivity index (χ3n) is 11.2. The third kappa shape index (κ3) is 39.5. The Bertz CT molecular complexity index is 989. The van der Waals surface area contributed by atoms with E-state index in [9.17, 15) is 19.2 Å². The number of likely N-dealkylation sites (tertiary alicyclic amines) is 1. The average molecular weight is 902 g/mol. The van der Waals surface area contributed by atoms with Crippen LogP contribution in [0.5, 0.6) is 0 Å². The highest BCUT2D eigenvalue weighted by Crippen LogP contribution is 2.21. The molecule has 1 aliphatic rings. The van der Waals surface area contributed by atoms with Gasteiger partial charge in [0, 0.05) is 50.5 Å². The molecular formula is C48H91N3O8S2. The number of ether oxygens (including phenoxy) is 4. The van der Waals surface area contributed by atoms with E-state index < -0.39 is 0 Å². The number of unbranched alkanes of at least 4 members (excludes halogenated alkanes) is 20. The predicted octanol–water partition coefficient (Wildman–Crippen LogP) is 12.7. The van der Waals surface area contributed by atoms with Crippen molar-refractivity contribution in [2.75, 3.05) is 77.2 Å². The summed E-state index contributed by atoms with van der Waals surface area (Å²) in [6, 6.07) is 0. The maximum Gasteiger partial charge on any atom is 0.409 e. The molecule has 0 saturated carbocycles. The van der Waals surface area contributed by atoms with Crippen LogP contribution in [-0.4, -0.2) is 111 Å².